The zero-order valence-corrected chi connectivity index (χ0v) is 23.3. The van der Waals surface area contributed by atoms with E-state index < -0.39 is 54.1 Å². The molecule has 12 heteroatoms. The fraction of sp³-hybridized carbons (Fsp3) is 0.290. The van der Waals surface area contributed by atoms with Gasteiger partial charge in [-0.05, 0) is 41.7 Å². The molecule has 0 radical (unpaired) electrons. The number of phenolic OH excluding ortho intramolecular Hbond substituents is 1. The van der Waals surface area contributed by atoms with Crippen LogP contribution >= 0.6 is 0 Å². The van der Waals surface area contributed by atoms with Crippen LogP contribution in [0.25, 0.3) is 0 Å². The highest BCUT2D eigenvalue weighted by Gasteiger charge is 2.45. The minimum absolute atomic E-state index is 0.0627. The Bertz CT molecular complexity index is 1410. The minimum Gasteiger partial charge on any atom is -0.508 e. The lowest BCUT2D eigenvalue weighted by Crippen LogP contribution is -2.59. The molecule has 3 aromatic carbocycles. The molecule has 43 heavy (non-hydrogen) atoms. The molecule has 4 rings (SSSR count). The maximum absolute atomic E-state index is 13.6. The fourth-order valence-electron chi connectivity index (χ4n) is 4.90. The summed E-state index contributed by atoms with van der Waals surface area (Å²) in [5.74, 6) is -3.25. The first kappa shape index (κ1) is 31.2. The van der Waals surface area contributed by atoms with Crippen molar-refractivity contribution in [3.05, 3.63) is 102 Å². The van der Waals surface area contributed by atoms with Crippen LogP contribution in [0.4, 0.5) is 0 Å². The number of aliphatic carboxylic acids is 1. The third-order valence-corrected chi connectivity index (χ3v) is 7.17. The summed E-state index contributed by atoms with van der Waals surface area (Å²) in [6.07, 6.45) is -0.861. The van der Waals surface area contributed by atoms with Crippen LogP contribution in [0, 0.1) is 0 Å². The molecule has 0 saturated carbocycles. The summed E-state index contributed by atoms with van der Waals surface area (Å²) in [5, 5.41) is 25.2. The molecule has 1 fully saturated rings. The Morgan fingerprint density at radius 1 is 0.837 bits per heavy atom. The maximum Gasteiger partial charge on any atom is 0.330 e. The molecule has 0 aliphatic carbocycles. The molecule has 226 valence electrons. The average Bonchev–Trinajstić information content (AvgIpc) is 3.42. The number of nitrogens with zero attached hydrogens (tertiary/aromatic N) is 1. The highest BCUT2D eigenvalue weighted by Crippen LogP contribution is 2.20. The van der Waals surface area contributed by atoms with Gasteiger partial charge in [-0.1, -0.05) is 72.8 Å². The number of ether oxygens (including phenoxy) is 1. The summed E-state index contributed by atoms with van der Waals surface area (Å²) in [6.45, 7) is -0.367. The number of carbonyl (C=O) groups excluding carboxylic acids is 3. The number of aromatic hydroxyl groups is 1. The second-order valence-corrected chi connectivity index (χ2v) is 10.3. The van der Waals surface area contributed by atoms with Crippen molar-refractivity contribution in [1.82, 2.24) is 15.5 Å². The SMILES string of the molecule is NC(=O)[C@H](Cc1ccccc1)NC(=O)[C@H](Cc1ccccc1)N[C@H]1OCN(C(=O)[C@@H](N)Cc2ccc(O)cc2)[C@@H]1C(=O)O. The summed E-state index contributed by atoms with van der Waals surface area (Å²) >= 11 is 0. The van der Waals surface area contributed by atoms with Crippen molar-refractivity contribution in [1.29, 1.82) is 0 Å². The van der Waals surface area contributed by atoms with Gasteiger partial charge >= 0.3 is 5.97 Å². The Kier molecular flexibility index (Phi) is 10.4. The fourth-order valence-corrected chi connectivity index (χ4v) is 4.90. The van der Waals surface area contributed by atoms with Crippen molar-refractivity contribution >= 4 is 23.7 Å². The first-order valence-corrected chi connectivity index (χ1v) is 13.7. The van der Waals surface area contributed by atoms with Gasteiger partial charge in [0, 0.05) is 6.42 Å². The van der Waals surface area contributed by atoms with Crippen molar-refractivity contribution in [2.45, 2.75) is 49.7 Å². The van der Waals surface area contributed by atoms with Gasteiger partial charge in [0.15, 0.2) is 6.04 Å². The lowest BCUT2D eigenvalue weighted by atomic mass is 10.0. The van der Waals surface area contributed by atoms with Gasteiger partial charge in [0.25, 0.3) is 0 Å². The number of nitrogens with two attached hydrogens (primary N) is 2. The molecule has 0 spiro atoms. The second-order valence-electron chi connectivity index (χ2n) is 10.3. The lowest BCUT2D eigenvalue weighted by Gasteiger charge is -2.28. The number of hydrogen-bond acceptors (Lipinski definition) is 8. The van der Waals surface area contributed by atoms with Crippen LogP contribution in [-0.4, -0.2) is 75.9 Å². The van der Waals surface area contributed by atoms with E-state index in [1.807, 2.05) is 36.4 Å². The van der Waals surface area contributed by atoms with Gasteiger partial charge in [-0.25, -0.2) is 4.79 Å². The van der Waals surface area contributed by atoms with Crippen molar-refractivity contribution in [3.63, 3.8) is 0 Å². The van der Waals surface area contributed by atoms with Gasteiger partial charge in [-0.15, -0.1) is 0 Å². The zero-order valence-electron chi connectivity index (χ0n) is 23.3. The predicted octanol–water partition coefficient (Wildman–Crippen LogP) is 0.271. The molecule has 12 nitrogen and oxygen atoms in total. The Hall–Kier alpha value is -4.78. The highest BCUT2D eigenvalue weighted by atomic mass is 16.5. The van der Waals surface area contributed by atoms with Crippen LogP contribution in [0.5, 0.6) is 5.75 Å². The van der Waals surface area contributed by atoms with Crippen LogP contribution in [0.2, 0.25) is 0 Å². The lowest BCUT2D eigenvalue weighted by molar-refractivity contribution is -0.149. The standard InChI is InChI=1S/C31H35N5O7/c32-23(15-21-11-13-22(37)14-12-21)30(40)36-18-43-29(26(36)31(41)42)35-25(17-20-9-5-2-6-10-20)28(39)34-24(27(33)38)16-19-7-3-1-4-8-19/h1-14,23-26,29,35,37H,15-18,32H2,(H2,33,38)(H,34,39)(H,41,42)/t23-,24-,25-,26-,29-/m0/s1. The molecule has 0 aromatic heterocycles. The van der Waals surface area contributed by atoms with E-state index in [1.54, 1.807) is 36.4 Å². The molecule has 3 amide bonds. The molecule has 0 bridgehead atoms. The summed E-state index contributed by atoms with van der Waals surface area (Å²) in [4.78, 5) is 52.4. The van der Waals surface area contributed by atoms with E-state index in [0.29, 0.717) is 5.56 Å². The Morgan fingerprint density at radius 3 is 1.91 bits per heavy atom. The van der Waals surface area contributed by atoms with Crippen LogP contribution in [0.15, 0.2) is 84.9 Å². The number of carboxylic acids is 1. The van der Waals surface area contributed by atoms with E-state index in [0.717, 1.165) is 16.0 Å². The Morgan fingerprint density at radius 2 is 1.37 bits per heavy atom. The zero-order chi connectivity index (χ0) is 30.9. The van der Waals surface area contributed by atoms with E-state index >= 15 is 0 Å². The van der Waals surface area contributed by atoms with E-state index in [2.05, 4.69) is 10.6 Å². The van der Waals surface area contributed by atoms with Crippen molar-refractivity contribution in [3.8, 4) is 5.75 Å². The maximum atomic E-state index is 13.6. The number of hydrogen-bond donors (Lipinski definition) is 6. The quantitative estimate of drug-likeness (QED) is 0.162. The summed E-state index contributed by atoms with van der Waals surface area (Å²) < 4.78 is 5.70. The minimum atomic E-state index is -1.49. The molecule has 1 aliphatic heterocycles. The Labute approximate surface area is 248 Å². The van der Waals surface area contributed by atoms with Gasteiger partial charge in [0.05, 0.1) is 12.1 Å². The van der Waals surface area contributed by atoms with Crippen molar-refractivity contribution in [2.75, 3.05) is 6.73 Å². The largest absolute Gasteiger partial charge is 0.508 e. The summed E-state index contributed by atoms with van der Waals surface area (Å²) in [5.41, 5.74) is 14.0. The van der Waals surface area contributed by atoms with Crippen LogP contribution < -0.4 is 22.1 Å². The molecule has 1 aliphatic rings. The number of amides is 3. The van der Waals surface area contributed by atoms with Gasteiger partial charge in [-0.3, -0.25) is 19.7 Å². The number of carboxylic acid groups (broad SMARTS) is 1. The average molecular weight is 590 g/mol. The molecule has 3 aromatic rings. The monoisotopic (exact) mass is 589 g/mol. The molecular formula is C31H35N5O7. The van der Waals surface area contributed by atoms with Crippen molar-refractivity contribution in [2.24, 2.45) is 11.5 Å². The van der Waals surface area contributed by atoms with Crippen molar-refractivity contribution < 1.29 is 34.1 Å². The molecule has 0 unspecified atom stereocenters. The number of rotatable bonds is 13. The first-order chi connectivity index (χ1) is 20.6. The number of benzene rings is 3. The molecule has 1 heterocycles. The first-order valence-electron chi connectivity index (χ1n) is 13.7. The Balaban J connectivity index is 1.50. The van der Waals surface area contributed by atoms with E-state index in [4.69, 9.17) is 16.2 Å². The second kappa shape index (κ2) is 14.4. The third kappa shape index (κ3) is 8.38. The van der Waals surface area contributed by atoms with Crippen LogP contribution in [0.1, 0.15) is 16.7 Å². The molecule has 8 N–H and O–H groups in total. The summed E-state index contributed by atoms with van der Waals surface area (Å²) in [6, 6.07) is 19.6. The smallest absolute Gasteiger partial charge is 0.330 e. The van der Waals surface area contributed by atoms with Crippen LogP contribution in [-0.2, 0) is 43.2 Å². The number of phenols is 1. The van der Waals surface area contributed by atoms with E-state index in [-0.39, 0.29) is 31.7 Å². The van der Waals surface area contributed by atoms with Gasteiger partial charge in [0.1, 0.15) is 24.8 Å². The van der Waals surface area contributed by atoms with E-state index in [1.165, 1.54) is 12.1 Å². The normalized spacial score (nSPS) is 18.4. The molecule has 5 atom stereocenters. The molecular weight excluding hydrogens is 554 g/mol. The topological polar surface area (TPSA) is 197 Å². The number of carbonyl (C=O) groups is 4. The number of primary amides is 1. The predicted molar refractivity (Wildman–Crippen MR) is 156 cm³/mol. The highest BCUT2D eigenvalue weighted by molar-refractivity contribution is 5.90. The summed E-state index contributed by atoms with van der Waals surface area (Å²) in [7, 11) is 0. The van der Waals surface area contributed by atoms with Gasteiger partial charge in [0.2, 0.25) is 17.7 Å². The van der Waals surface area contributed by atoms with Crippen LogP contribution in [0.3, 0.4) is 0 Å². The van der Waals surface area contributed by atoms with Gasteiger partial charge in [-0.2, -0.15) is 0 Å². The molecule has 1 saturated heterocycles. The third-order valence-electron chi connectivity index (χ3n) is 7.17. The van der Waals surface area contributed by atoms with Gasteiger partial charge < -0.3 is 36.6 Å². The number of nitrogens with one attached hydrogen (secondary N) is 2. The van der Waals surface area contributed by atoms with E-state index in [9.17, 15) is 29.4 Å².